The maximum absolute atomic E-state index is 12.9. The number of aliphatic hydroxyl groups excluding tert-OH is 1. The number of carbonyl (C=O) groups is 1. The van der Waals surface area contributed by atoms with Crippen LogP contribution in [0, 0.1) is 16.7 Å². The van der Waals surface area contributed by atoms with E-state index in [-0.39, 0.29) is 40.5 Å². The van der Waals surface area contributed by atoms with E-state index in [1.807, 2.05) is 0 Å². The molecule has 0 spiro atoms. The molecule has 1 aromatic carbocycles. The van der Waals surface area contributed by atoms with Crippen LogP contribution in [0.25, 0.3) is 0 Å². The summed E-state index contributed by atoms with van der Waals surface area (Å²) in [6.07, 6.45) is 22.8. The number of hydrogen-bond acceptors (Lipinski definition) is 6. The van der Waals surface area contributed by atoms with E-state index in [2.05, 4.69) is 49.9 Å². The third kappa shape index (κ3) is 6.16. The fourth-order valence-electron chi connectivity index (χ4n) is 9.99. The van der Waals surface area contributed by atoms with Crippen molar-refractivity contribution in [2.24, 2.45) is 16.7 Å². The molecule has 0 heterocycles. The first-order chi connectivity index (χ1) is 22.3. The molecule has 46 heavy (non-hydrogen) atoms. The number of aliphatic hydroxyl groups is 1. The second-order valence-electron chi connectivity index (χ2n) is 15.1. The Morgan fingerprint density at radius 3 is 2.07 bits per heavy atom. The molecule has 0 amide bonds. The van der Waals surface area contributed by atoms with Crippen LogP contribution < -0.4 is 9.47 Å². The lowest BCUT2D eigenvalue weighted by atomic mass is 9.43. The standard InChI is InChI=1S/C40H56O6/c1-5-37(39(22-16-29(41)17-23-39)28-14-15-33(43-3)35(26-28)45-31-10-6-7-11-31)40(24-18-30(42)19-25-40)38(2)21-20-34(44-4)36(27-38)46-32-12-8-9-13-32/h5,14-15,20,26-27,29,31-32,37,41H,1,6-13,16-19,21-25H2,2-4H3. The molecule has 1 N–H and O–H groups in total. The van der Waals surface area contributed by atoms with E-state index in [0.717, 1.165) is 93.6 Å². The first-order valence-electron chi connectivity index (χ1n) is 18.1. The van der Waals surface area contributed by atoms with Crippen molar-refractivity contribution in [3.05, 3.63) is 60.1 Å². The molecule has 252 valence electrons. The fourth-order valence-corrected chi connectivity index (χ4v) is 9.99. The second-order valence-corrected chi connectivity index (χ2v) is 15.1. The van der Waals surface area contributed by atoms with Crippen LogP contribution in [-0.2, 0) is 19.7 Å². The zero-order valence-electron chi connectivity index (χ0n) is 28.5. The summed E-state index contributed by atoms with van der Waals surface area (Å²) >= 11 is 0. The third-order valence-corrected chi connectivity index (χ3v) is 12.7. The summed E-state index contributed by atoms with van der Waals surface area (Å²) in [6.45, 7) is 6.95. The maximum atomic E-state index is 12.9. The SMILES string of the molecule is C=CC(C1(c2ccc(OC)c(OC3CCCC3)c2)CCC(O)CC1)C1(C2(C)C=C(OC3CCCC3)C(OC)=CC2)CCC(=O)CC1. The van der Waals surface area contributed by atoms with Gasteiger partial charge in [0.2, 0.25) is 0 Å². The molecule has 5 aliphatic rings. The Hall–Kier alpha value is -2.73. The van der Waals surface area contributed by atoms with Gasteiger partial charge in [0, 0.05) is 18.3 Å². The van der Waals surface area contributed by atoms with E-state index in [9.17, 15) is 9.90 Å². The summed E-state index contributed by atoms with van der Waals surface area (Å²) in [5.41, 5.74) is 0.405. The predicted octanol–water partition coefficient (Wildman–Crippen LogP) is 8.90. The number of Topliss-reactive ketones (excluding diaryl/α,β-unsaturated/α-hetero) is 1. The molecule has 6 heteroatoms. The Morgan fingerprint density at radius 1 is 0.848 bits per heavy atom. The van der Waals surface area contributed by atoms with Gasteiger partial charge >= 0.3 is 0 Å². The lowest BCUT2D eigenvalue weighted by Gasteiger charge is -2.60. The van der Waals surface area contributed by atoms with Crippen molar-refractivity contribution >= 4 is 5.78 Å². The van der Waals surface area contributed by atoms with Gasteiger partial charge in [-0.1, -0.05) is 19.1 Å². The van der Waals surface area contributed by atoms with Gasteiger partial charge in [-0.3, -0.25) is 4.79 Å². The predicted molar refractivity (Wildman–Crippen MR) is 181 cm³/mol. The van der Waals surface area contributed by atoms with Crippen molar-refractivity contribution in [3.8, 4) is 11.5 Å². The molecule has 6 rings (SSSR count). The summed E-state index contributed by atoms with van der Waals surface area (Å²) < 4.78 is 25.0. The minimum atomic E-state index is -0.307. The summed E-state index contributed by atoms with van der Waals surface area (Å²) in [4.78, 5) is 12.9. The van der Waals surface area contributed by atoms with Crippen molar-refractivity contribution in [2.45, 2.75) is 140 Å². The molecule has 1 aromatic rings. The summed E-state index contributed by atoms with van der Waals surface area (Å²) in [5, 5.41) is 10.8. The molecule has 2 atom stereocenters. The van der Waals surface area contributed by atoms with Gasteiger partial charge < -0.3 is 24.1 Å². The zero-order valence-corrected chi connectivity index (χ0v) is 28.5. The van der Waals surface area contributed by atoms with Crippen LogP contribution >= 0.6 is 0 Å². The van der Waals surface area contributed by atoms with Gasteiger partial charge in [-0.2, -0.15) is 0 Å². The van der Waals surface area contributed by atoms with Crippen LogP contribution in [0.5, 0.6) is 11.5 Å². The lowest BCUT2D eigenvalue weighted by molar-refractivity contribution is -0.128. The molecule has 0 radical (unpaired) electrons. The highest BCUT2D eigenvalue weighted by atomic mass is 16.5. The first-order valence-corrected chi connectivity index (χ1v) is 18.1. The third-order valence-electron chi connectivity index (χ3n) is 12.7. The average molecular weight is 633 g/mol. The van der Waals surface area contributed by atoms with Gasteiger partial charge in [0.15, 0.2) is 23.0 Å². The number of hydrogen-bond donors (Lipinski definition) is 1. The molecule has 2 unspecified atom stereocenters. The lowest BCUT2D eigenvalue weighted by Crippen LogP contribution is -2.55. The van der Waals surface area contributed by atoms with Crippen molar-refractivity contribution in [1.29, 1.82) is 0 Å². The normalized spacial score (nSPS) is 31.1. The smallest absolute Gasteiger partial charge is 0.161 e. The summed E-state index contributed by atoms with van der Waals surface area (Å²) in [6, 6.07) is 6.55. The number of ketones is 1. The molecule has 0 bridgehead atoms. The van der Waals surface area contributed by atoms with Crippen molar-refractivity contribution in [2.75, 3.05) is 14.2 Å². The Balaban J connectivity index is 1.46. The molecule has 6 nitrogen and oxygen atoms in total. The number of methoxy groups -OCH3 is 2. The number of benzene rings is 1. The van der Waals surface area contributed by atoms with Gasteiger partial charge in [0.25, 0.3) is 0 Å². The fraction of sp³-hybridized carbons (Fsp3) is 0.675. The van der Waals surface area contributed by atoms with Crippen LogP contribution in [0.2, 0.25) is 0 Å². The Bertz CT molecular complexity index is 1300. The molecule has 4 saturated carbocycles. The van der Waals surface area contributed by atoms with E-state index in [1.165, 1.54) is 31.2 Å². The number of rotatable bonds is 11. The second kappa shape index (κ2) is 13.8. The van der Waals surface area contributed by atoms with E-state index in [0.29, 0.717) is 18.6 Å². The quantitative estimate of drug-likeness (QED) is 0.246. The molecule has 0 saturated heterocycles. The first kappa shape index (κ1) is 33.2. The van der Waals surface area contributed by atoms with Gasteiger partial charge in [-0.05, 0) is 143 Å². The van der Waals surface area contributed by atoms with Gasteiger partial charge in [0.1, 0.15) is 5.78 Å². The van der Waals surface area contributed by atoms with Crippen molar-refractivity contribution < 1.29 is 28.8 Å². The molecule has 0 aliphatic heterocycles. The van der Waals surface area contributed by atoms with Crippen molar-refractivity contribution in [1.82, 2.24) is 0 Å². The minimum Gasteiger partial charge on any atom is -0.493 e. The molecule has 5 aliphatic carbocycles. The Labute approximate surface area is 276 Å². The monoisotopic (exact) mass is 632 g/mol. The average Bonchev–Trinajstić information content (AvgIpc) is 3.78. The highest BCUT2D eigenvalue weighted by molar-refractivity contribution is 5.79. The number of allylic oxidation sites excluding steroid dienone is 3. The number of ether oxygens (including phenoxy) is 4. The molecular formula is C40H56O6. The van der Waals surface area contributed by atoms with Crippen LogP contribution in [0.15, 0.2) is 54.5 Å². The molecular weight excluding hydrogens is 576 g/mol. The van der Waals surface area contributed by atoms with E-state index in [1.54, 1.807) is 14.2 Å². The van der Waals surface area contributed by atoms with Gasteiger partial charge in [-0.25, -0.2) is 0 Å². The van der Waals surface area contributed by atoms with E-state index in [4.69, 9.17) is 18.9 Å². The maximum Gasteiger partial charge on any atom is 0.161 e. The largest absolute Gasteiger partial charge is 0.493 e. The van der Waals surface area contributed by atoms with Crippen LogP contribution in [0.4, 0.5) is 0 Å². The highest BCUT2D eigenvalue weighted by Crippen LogP contribution is 2.65. The zero-order chi connectivity index (χ0) is 32.4. The topological polar surface area (TPSA) is 74.2 Å². The Kier molecular flexibility index (Phi) is 9.94. The van der Waals surface area contributed by atoms with Crippen LogP contribution in [-0.4, -0.2) is 43.4 Å². The minimum absolute atomic E-state index is 0.0554. The highest BCUT2D eigenvalue weighted by Gasteiger charge is 2.59. The van der Waals surface area contributed by atoms with Gasteiger partial charge in [-0.15, -0.1) is 6.58 Å². The van der Waals surface area contributed by atoms with Crippen LogP contribution in [0.1, 0.15) is 122 Å². The van der Waals surface area contributed by atoms with E-state index >= 15 is 0 Å². The summed E-state index contributed by atoms with van der Waals surface area (Å²) in [7, 11) is 3.45. The summed E-state index contributed by atoms with van der Waals surface area (Å²) in [5.74, 6) is 3.66. The van der Waals surface area contributed by atoms with Crippen molar-refractivity contribution in [3.63, 3.8) is 0 Å². The molecule has 0 aromatic heterocycles. The van der Waals surface area contributed by atoms with E-state index < -0.39 is 0 Å². The molecule has 4 fully saturated rings. The Morgan fingerprint density at radius 2 is 1.48 bits per heavy atom. The van der Waals surface area contributed by atoms with Crippen LogP contribution in [0.3, 0.4) is 0 Å². The number of carbonyl (C=O) groups excluding carboxylic acids is 1. The van der Waals surface area contributed by atoms with Gasteiger partial charge in [0.05, 0.1) is 32.5 Å².